The summed E-state index contributed by atoms with van der Waals surface area (Å²) in [5.41, 5.74) is 3.54. The van der Waals surface area contributed by atoms with Gasteiger partial charge in [-0.05, 0) is 49.6 Å². The normalized spacial score (nSPS) is 11.2. The van der Waals surface area contributed by atoms with Crippen LogP contribution in [0.15, 0.2) is 47.5 Å². The standard InChI is InChI=1S/C21H29N3O2/c1-5-26-20-13-16(2)9-10-18(20)15-24-21(22-3)23-12-11-17-7-6-8-19(14-17)25-4/h6-10,13-14H,5,11-12,15H2,1-4H3,(H2,22,23,24). The molecule has 0 radical (unpaired) electrons. The van der Waals surface area contributed by atoms with Gasteiger partial charge in [-0.15, -0.1) is 0 Å². The first-order valence-corrected chi connectivity index (χ1v) is 8.96. The van der Waals surface area contributed by atoms with E-state index >= 15 is 0 Å². The summed E-state index contributed by atoms with van der Waals surface area (Å²) in [6.07, 6.45) is 0.895. The van der Waals surface area contributed by atoms with Gasteiger partial charge in [0.05, 0.1) is 13.7 Å². The summed E-state index contributed by atoms with van der Waals surface area (Å²) in [5, 5.41) is 6.69. The fraction of sp³-hybridized carbons (Fsp3) is 0.381. The quantitative estimate of drug-likeness (QED) is 0.563. The molecule has 2 N–H and O–H groups in total. The molecule has 0 bridgehead atoms. The number of hydrogen-bond acceptors (Lipinski definition) is 3. The monoisotopic (exact) mass is 355 g/mol. The smallest absolute Gasteiger partial charge is 0.191 e. The Hall–Kier alpha value is -2.69. The minimum atomic E-state index is 0.657. The lowest BCUT2D eigenvalue weighted by Gasteiger charge is -2.15. The van der Waals surface area contributed by atoms with Crippen molar-refractivity contribution in [3.05, 3.63) is 59.2 Å². The first-order valence-electron chi connectivity index (χ1n) is 8.96. The van der Waals surface area contributed by atoms with Crippen molar-refractivity contribution in [1.29, 1.82) is 0 Å². The molecular weight excluding hydrogens is 326 g/mol. The van der Waals surface area contributed by atoms with E-state index < -0.39 is 0 Å². The molecule has 0 atom stereocenters. The number of benzene rings is 2. The average molecular weight is 355 g/mol. The van der Waals surface area contributed by atoms with Crippen LogP contribution in [0, 0.1) is 6.92 Å². The van der Waals surface area contributed by atoms with E-state index in [1.807, 2.05) is 19.1 Å². The van der Waals surface area contributed by atoms with Gasteiger partial charge < -0.3 is 20.1 Å². The van der Waals surface area contributed by atoms with E-state index in [0.717, 1.165) is 36.0 Å². The van der Waals surface area contributed by atoms with Crippen LogP contribution in [0.1, 0.15) is 23.6 Å². The largest absolute Gasteiger partial charge is 0.497 e. The van der Waals surface area contributed by atoms with Crippen LogP contribution < -0.4 is 20.1 Å². The zero-order valence-electron chi connectivity index (χ0n) is 16.1. The summed E-state index contributed by atoms with van der Waals surface area (Å²) in [7, 11) is 3.46. The summed E-state index contributed by atoms with van der Waals surface area (Å²) in [6, 6.07) is 14.4. The highest BCUT2D eigenvalue weighted by molar-refractivity contribution is 5.79. The molecule has 2 rings (SSSR count). The maximum absolute atomic E-state index is 5.73. The number of ether oxygens (including phenoxy) is 2. The molecular formula is C21H29N3O2. The molecule has 0 fully saturated rings. The fourth-order valence-corrected chi connectivity index (χ4v) is 2.65. The van der Waals surface area contributed by atoms with Gasteiger partial charge in [0.2, 0.25) is 0 Å². The van der Waals surface area contributed by atoms with Crippen LogP contribution in [0.2, 0.25) is 0 Å². The average Bonchev–Trinajstić information content (AvgIpc) is 2.66. The van der Waals surface area contributed by atoms with Gasteiger partial charge in [-0.25, -0.2) is 0 Å². The lowest BCUT2D eigenvalue weighted by molar-refractivity contribution is 0.336. The van der Waals surface area contributed by atoms with Crippen molar-refractivity contribution in [1.82, 2.24) is 10.6 Å². The highest BCUT2D eigenvalue weighted by Crippen LogP contribution is 2.20. The molecule has 0 aliphatic heterocycles. The number of aliphatic imine (C=N–C) groups is 1. The minimum absolute atomic E-state index is 0.657. The maximum atomic E-state index is 5.73. The van der Waals surface area contributed by atoms with Crippen LogP contribution in [-0.2, 0) is 13.0 Å². The Labute approximate surface area is 156 Å². The Morgan fingerprint density at radius 1 is 1.12 bits per heavy atom. The van der Waals surface area contributed by atoms with Crippen LogP contribution in [-0.4, -0.2) is 33.3 Å². The van der Waals surface area contributed by atoms with Gasteiger partial charge in [0, 0.05) is 25.7 Å². The molecule has 0 saturated carbocycles. The number of guanidine groups is 1. The van der Waals surface area contributed by atoms with Crippen LogP contribution in [0.3, 0.4) is 0 Å². The highest BCUT2D eigenvalue weighted by atomic mass is 16.5. The summed E-state index contributed by atoms with van der Waals surface area (Å²) in [4.78, 5) is 4.29. The zero-order valence-corrected chi connectivity index (χ0v) is 16.1. The molecule has 26 heavy (non-hydrogen) atoms. The lowest BCUT2D eigenvalue weighted by Crippen LogP contribution is -2.37. The van der Waals surface area contributed by atoms with Gasteiger partial charge in [-0.1, -0.05) is 24.3 Å². The van der Waals surface area contributed by atoms with E-state index in [1.54, 1.807) is 14.2 Å². The van der Waals surface area contributed by atoms with Crippen molar-refractivity contribution >= 4 is 5.96 Å². The molecule has 0 saturated heterocycles. The predicted octanol–water partition coefficient (Wildman–Crippen LogP) is 3.31. The molecule has 2 aromatic carbocycles. The van der Waals surface area contributed by atoms with E-state index in [9.17, 15) is 0 Å². The van der Waals surface area contributed by atoms with Gasteiger partial charge in [-0.3, -0.25) is 4.99 Å². The van der Waals surface area contributed by atoms with Crippen LogP contribution >= 0.6 is 0 Å². The number of nitrogens with zero attached hydrogens (tertiary/aromatic N) is 1. The first kappa shape index (κ1) is 19.6. The molecule has 2 aromatic rings. The number of hydrogen-bond donors (Lipinski definition) is 2. The molecule has 0 unspecified atom stereocenters. The van der Waals surface area contributed by atoms with Crippen molar-refractivity contribution in [3.8, 4) is 11.5 Å². The maximum Gasteiger partial charge on any atom is 0.191 e. The van der Waals surface area contributed by atoms with Crippen molar-refractivity contribution < 1.29 is 9.47 Å². The van der Waals surface area contributed by atoms with Crippen LogP contribution in [0.25, 0.3) is 0 Å². The summed E-state index contributed by atoms with van der Waals surface area (Å²) in [5.74, 6) is 2.58. The van der Waals surface area contributed by atoms with Gasteiger partial charge in [0.1, 0.15) is 11.5 Å². The molecule has 0 heterocycles. The van der Waals surface area contributed by atoms with Crippen molar-refractivity contribution in [2.24, 2.45) is 4.99 Å². The molecule has 5 nitrogen and oxygen atoms in total. The van der Waals surface area contributed by atoms with Crippen molar-refractivity contribution in [3.63, 3.8) is 0 Å². The third kappa shape index (κ3) is 5.99. The Kier molecular flexibility index (Phi) is 7.80. The molecule has 0 aliphatic rings. The summed E-state index contributed by atoms with van der Waals surface area (Å²) in [6.45, 7) is 6.18. The third-order valence-corrected chi connectivity index (χ3v) is 4.03. The van der Waals surface area contributed by atoms with E-state index in [0.29, 0.717) is 13.2 Å². The van der Waals surface area contributed by atoms with Crippen molar-refractivity contribution in [2.75, 3.05) is 27.3 Å². The van der Waals surface area contributed by atoms with Gasteiger partial charge in [0.15, 0.2) is 5.96 Å². The number of aryl methyl sites for hydroxylation is 1. The van der Waals surface area contributed by atoms with Crippen molar-refractivity contribution in [2.45, 2.75) is 26.8 Å². The second kappa shape index (κ2) is 10.3. The van der Waals surface area contributed by atoms with Crippen LogP contribution in [0.4, 0.5) is 0 Å². The molecule has 140 valence electrons. The topological polar surface area (TPSA) is 54.9 Å². The van der Waals surface area contributed by atoms with Gasteiger partial charge in [0.25, 0.3) is 0 Å². The number of rotatable bonds is 8. The Morgan fingerprint density at radius 2 is 1.96 bits per heavy atom. The SMILES string of the molecule is CCOc1cc(C)ccc1CNC(=NC)NCCc1cccc(OC)c1. The zero-order chi connectivity index (χ0) is 18.8. The van der Waals surface area contributed by atoms with E-state index in [4.69, 9.17) is 9.47 Å². The summed E-state index contributed by atoms with van der Waals surface area (Å²) < 4.78 is 11.0. The number of methoxy groups -OCH3 is 1. The fourth-order valence-electron chi connectivity index (χ4n) is 2.65. The van der Waals surface area contributed by atoms with E-state index in [-0.39, 0.29) is 0 Å². The second-order valence-electron chi connectivity index (χ2n) is 6.00. The predicted molar refractivity (Wildman–Crippen MR) is 107 cm³/mol. The Bertz CT molecular complexity index is 729. The third-order valence-electron chi connectivity index (χ3n) is 4.03. The van der Waals surface area contributed by atoms with Gasteiger partial charge in [-0.2, -0.15) is 0 Å². The Balaban J connectivity index is 1.86. The van der Waals surface area contributed by atoms with E-state index in [1.165, 1.54) is 11.1 Å². The molecule has 0 aliphatic carbocycles. The molecule has 5 heteroatoms. The highest BCUT2D eigenvalue weighted by Gasteiger charge is 2.05. The number of nitrogens with one attached hydrogen (secondary N) is 2. The second-order valence-corrected chi connectivity index (χ2v) is 6.00. The van der Waals surface area contributed by atoms with E-state index in [2.05, 4.69) is 52.9 Å². The Morgan fingerprint density at radius 3 is 2.69 bits per heavy atom. The lowest BCUT2D eigenvalue weighted by atomic mass is 10.1. The van der Waals surface area contributed by atoms with Gasteiger partial charge >= 0.3 is 0 Å². The molecule has 0 spiro atoms. The molecule has 0 amide bonds. The minimum Gasteiger partial charge on any atom is -0.497 e. The summed E-state index contributed by atoms with van der Waals surface area (Å²) >= 11 is 0. The molecule has 0 aromatic heterocycles. The van der Waals surface area contributed by atoms with Crippen LogP contribution in [0.5, 0.6) is 11.5 Å². The first-order chi connectivity index (χ1) is 12.7.